The van der Waals surface area contributed by atoms with Crippen LogP contribution in [0.2, 0.25) is 0 Å². The number of carbonyl (C=O) groups excluding carboxylic acids is 1. The van der Waals surface area contributed by atoms with Crippen LogP contribution in [0, 0.1) is 20.8 Å². The van der Waals surface area contributed by atoms with E-state index in [-0.39, 0.29) is 11.9 Å². The first-order valence-electron chi connectivity index (χ1n) is 8.27. The molecule has 0 aliphatic carbocycles. The van der Waals surface area contributed by atoms with Crippen molar-refractivity contribution < 1.29 is 13.9 Å². The summed E-state index contributed by atoms with van der Waals surface area (Å²) in [6, 6.07) is 5.67. The Morgan fingerprint density at radius 1 is 1.28 bits per heavy atom. The van der Waals surface area contributed by atoms with Crippen LogP contribution in [0.4, 0.5) is 5.69 Å². The minimum Gasteiger partial charge on any atom is -0.497 e. The van der Waals surface area contributed by atoms with Crippen molar-refractivity contribution in [2.24, 2.45) is 0 Å². The molecule has 1 N–H and O–H groups in total. The van der Waals surface area contributed by atoms with E-state index in [1.165, 1.54) is 0 Å². The Morgan fingerprint density at radius 2 is 2.00 bits per heavy atom. The molecule has 0 aliphatic rings. The van der Waals surface area contributed by atoms with Crippen LogP contribution in [-0.4, -0.2) is 22.8 Å². The number of carbonyl (C=O) groups is 1. The van der Waals surface area contributed by atoms with Crippen molar-refractivity contribution in [1.82, 2.24) is 9.78 Å². The van der Waals surface area contributed by atoms with E-state index in [4.69, 9.17) is 9.15 Å². The number of anilines is 1. The van der Waals surface area contributed by atoms with Crippen LogP contribution in [-0.2, 0) is 0 Å². The van der Waals surface area contributed by atoms with Gasteiger partial charge in [-0.1, -0.05) is 0 Å². The molecule has 2 heterocycles. The smallest absolute Gasteiger partial charge is 0.259 e. The summed E-state index contributed by atoms with van der Waals surface area (Å²) in [5.41, 5.74) is 3.65. The number of rotatable bonds is 4. The molecule has 1 amide bonds. The predicted octanol–water partition coefficient (Wildman–Crippen LogP) is 4.40. The maximum Gasteiger partial charge on any atom is 0.259 e. The van der Waals surface area contributed by atoms with Crippen molar-refractivity contribution in [3.05, 3.63) is 40.9 Å². The number of nitrogens with one attached hydrogen (secondary N) is 1. The van der Waals surface area contributed by atoms with Gasteiger partial charge in [-0.25, -0.2) is 0 Å². The summed E-state index contributed by atoms with van der Waals surface area (Å²) in [5.74, 6) is 1.05. The average Bonchev–Trinajstić information content (AvgIpc) is 3.04. The number of ether oxygens (including phenoxy) is 1. The van der Waals surface area contributed by atoms with Gasteiger partial charge in [-0.15, -0.1) is 0 Å². The van der Waals surface area contributed by atoms with Gasteiger partial charge in [-0.05, 0) is 52.8 Å². The second-order valence-electron chi connectivity index (χ2n) is 6.43. The molecule has 0 fully saturated rings. The van der Waals surface area contributed by atoms with E-state index in [1.807, 2.05) is 36.7 Å². The Hall–Kier alpha value is -2.76. The van der Waals surface area contributed by atoms with Crippen LogP contribution in [0.5, 0.6) is 5.75 Å². The third-order valence-corrected chi connectivity index (χ3v) is 4.35. The van der Waals surface area contributed by atoms with Crippen LogP contribution >= 0.6 is 0 Å². The van der Waals surface area contributed by atoms with Gasteiger partial charge < -0.3 is 14.5 Å². The number of nitrogens with zero attached hydrogens (tertiary/aromatic N) is 2. The van der Waals surface area contributed by atoms with Crippen LogP contribution in [0.25, 0.3) is 11.0 Å². The number of aryl methyl sites for hydroxylation is 2. The molecular weight excluding hydrogens is 318 g/mol. The SMILES string of the molecule is COc1ccc2oc(C)c(C(=O)Nc3c(C)nn(C(C)C)c3C)c2c1. The number of fused-ring (bicyclic) bond motifs is 1. The van der Waals surface area contributed by atoms with Gasteiger partial charge in [0, 0.05) is 11.4 Å². The highest BCUT2D eigenvalue weighted by atomic mass is 16.5. The van der Waals surface area contributed by atoms with Crippen molar-refractivity contribution in [1.29, 1.82) is 0 Å². The minimum absolute atomic E-state index is 0.209. The molecule has 3 aromatic rings. The van der Waals surface area contributed by atoms with E-state index < -0.39 is 0 Å². The van der Waals surface area contributed by atoms with Crippen LogP contribution in [0.3, 0.4) is 0 Å². The quantitative estimate of drug-likeness (QED) is 0.764. The average molecular weight is 341 g/mol. The summed E-state index contributed by atoms with van der Waals surface area (Å²) in [7, 11) is 1.60. The first-order chi connectivity index (χ1) is 11.8. The number of methoxy groups -OCH3 is 1. The van der Waals surface area contributed by atoms with E-state index >= 15 is 0 Å². The monoisotopic (exact) mass is 341 g/mol. The van der Waals surface area contributed by atoms with Gasteiger partial charge in [-0.3, -0.25) is 9.48 Å². The highest BCUT2D eigenvalue weighted by Crippen LogP contribution is 2.30. The van der Waals surface area contributed by atoms with E-state index in [0.29, 0.717) is 22.7 Å². The van der Waals surface area contributed by atoms with Gasteiger partial charge in [0.2, 0.25) is 0 Å². The molecule has 0 bridgehead atoms. The lowest BCUT2D eigenvalue weighted by molar-refractivity contribution is 0.102. The highest BCUT2D eigenvalue weighted by Gasteiger charge is 2.22. The zero-order valence-electron chi connectivity index (χ0n) is 15.4. The maximum absolute atomic E-state index is 12.9. The highest BCUT2D eigenvalue weighted by molar-refractivity contribution is 6.13. The fourth-order valence-electron chi connectivity index (χ4n) is 3.13. The summed E-state index contributed by atoms with van der Waals surface area (Å²) in [6.45, 7) is 9.76. The third-order valence-electron chi connectivity index (χ3n) is 4.35. The molecule has 132 valence electrons. The molecule has 0 atom stereocenters. The van der Waals surface area contributed by atoms with Crippen molar-refractivity contribution >= 4 is 22.6 Å². The largest absolute Gasteiger partial charge is 0.497 e. The normalized spacial score (nSPS) is 11.3. The fourth-order valence-corrected chi connectivity index (χ4v) is 3.13. The molecule has 2 aromatic heterocycles. The predicted molar refractivity (Wildman–Crippen MR) is 97.5 cm³/mol. The zero-order valence-corrected chi connectivity index (χ0v) is 15.4. The molecule has 0 unspecified atom stereocenters. The summed E-state index contributed by atoms with van der Waals surface area (Å²) < 4.78 is 12.9. The first kappa shape index (κ1) is 17.1. The van der Waals surface area contributed by atoms with Crippen LogP contribution < -0.4 is 10.1 Å². The zero-order chi connectivity index (χ0) is 18.3. The number of benzene rings is 1. The van der Waals surface area contributed by atoms with Gasteiger partial charge in [0.05, 0.1) is 29.7 Å². The Morgan fingerprint density at radius 3 is 2.60 bits per heavy atom. The van der Waals surface area contributed by atoms with Crippen molar-refractivity contribution in [2.75, 3.05) is 12.4 Å². The van der Waals surface area contributed by atoms with Gasteiger partial charge in [0.1, 0.15) is 17.1 Å². The molecule has 0 radical (unpaired) electrons. The van der Waals surface area contributed by atoms with E-state index in [1.54, 1.807) is 14.0 Å². The topological polar surface area (TPSA) is 69.3 Å². The number of hydrogen-bond donors (Lipinski definition) is 1. The molecule has 25 heavy (non-hydrogen) atoms. The maximum atomic E-state index is 12.9. The fraction of sp³-hybridized carbons (Fsp3) is 0.368. The van der Waals surface area contributed by atoms with E-state index in [9.17, 15) is 4.79 Å². The first-order valence-corrected chi connectivity index (χ1v) is 8.27. The molecule has 0 saturated heterocycles. The standard InChI is InChI=1S/C19H23N3O3/c1-10(2)22-12(4)18(11(3)21-22)20-19(23)17-13(5)25-16-8-7-14(24-6)9-15(16)17/h7-10H,1-6H3,(H,20,23). The van der Waals surface area contributed by atoms with Gasteiger partial charge in [-0.2, -0.15) is 5.10 Å². The molecule has 0 saturated carbocycles. The minimum atomic E-state index is -0.209. The molecule has 1 aromatic carbocycles. The van der Waals surface area contributed by atoms with E-state index in [0.717, 1.165) is 22.5 Å². The Bertz CT molecular complexity index is 951. The molecule has 0 spiro atoms. The number of hydrogen-bond acceptors (Lipinski definition) is 4. The number of furan rings is 1. The molecule has 6 nitrogen and oxygen atoms in total. The van der Waals surface area contributed by atoms with Crippen LogP contribution in [0.15, 0.2) is 22.6 Å². The number of aromatic nitrogens is 2. The summed E-state index contributed by atoms with van der Waals surface area (Å²) in [6.07, 6.45) is 0. The third kappa shape index (κ3) is 2.88. The van der Waals surface area contributed by atoms with Gasteiger partial charge in [0.25, 0.3) is 5.91 Å². The van der Waals surface area contributed by atoms with Crippen LogP contribution in [0.1, 0.15) is 47.4 Å². The van der Waals surface area contributed by atoms with Crippen molar-refractivity contribution in [3.8, 4) is 5.75 Å². The lowest BCUT2D eigenvalue weighted by Gasteiger charge is -2.09. The lowest BCUT2D eigenvalue weighted by Crippen LogP contribution is -2.14. The van der Waals surface area contributed by atoms with Gasteiger partial charge in [0.15, 0.2) is 0 Å². The molecule has 3 rings (SSSR count). The number of amides is 1. The molecular formula is C19H23N3O3. The van der Waals surface area contributed by atoms with Crippen molar-refractivity contribution in [2.45, 2.75) is 40.7 Å². The molecule has 6 heteroatoms. The Balaban J connectivity index is 2.02. The van der Waals surface area contributed by atoms with Crippen molar-refractivity contribution in [3.63, 3.8) is 0 Å². The Kier molecular flexibility index (Phi) is 4.29. The Labute approximate surface area is 146 Å². The van der Waals surface area contributed by atoms with E-state index in [2.05, 4.69) is 24.3 Å². The summed E-state index contributed by atoms with van der Waals surface area (Å²) in [4.78, 5) is 12.9. The lowest BCUT2D eigenvalue weighted by atomic mass is 10.1. The second-order valence-corrected chi connectivity index (χ2v) is 6.43. The summed E-state index contributed by atoms with van der Waals surface area (Å²) in [5, 5.41) is 8.26. The summed E-state index contributed by atoms with van der Waals surface area (Å²) >= 11 is 0. The second kappa shape index (κ2) is 6.27. The molecule has 0 aliphatic heterocycles. The van der Waals surface area contributed by atoms with Gasteiger partial charge >= 0.3 is 0 Å².